The van der Waals surface area contributed by atoms with Gasteiger partial charge in [-0.1, -0.05) is 42.5 Å². The summed E-state index contributed by atoms with van der Waals surface area (Å²) < 4.78 is 10.7. The smallest absolute Gasteiger partial charge is 0.258 e. The van der Waals surface area contributed by atoms with Gasteiger partial charge in [0.15, 0.2) is 18.1 Å². The molecule has 1 aliphatic carbocycles. The number of ether oxygens (including phenoxy) is 2. The molecule has 0 aliphatic heterocycles. The molecule has 0 aromatic heterocycles. The molecule has 1 atom stereocenters. The molecule has 5 heteroatoms. The van der Waals surface area contributed by atoms with Crippen LogP contribution in [-0.4, -0.2) is 31.3 Å². The zero-order valence-electron chi connectivity index (χ0n) is 14.3. The van der Waals surface area contributed by atoms with Crippen molar-refractivity contribution in [1.82, 2.24) is 5.32 Å². The maximum atomic E-state index is 12.1. The minimum Gasteiger partial charge on any atom is -0.493 e. The first-order valence-electron chi connectivity index (χ1n) is 8.44. The molecule has 2 aromatic rings. The second-order valence-corrected chi connectivity index (χ2v) is 6.28. The number of aliphatic hydroxyl groups is 1. The normalized spacial score (nSPS) is 15.9. The Balaban J connectivity index is 1.57. The predicted molar refractivity (Wildman–Crippen MR) is 94.6 cm³/mol. The molecule has 0 spiro atoms. The fourth-order valence-corrected chi connectivity index (χ4v) is 2.94. The van der Waals surface area contributed by atoms with E-state index in [1.807, 2.05) is 42.5 Å². The summed E-state index contributed by atoms with van der Waals surface area (Å²) in [5.41, 5.74) is -0.190. The van der Waals surface area contributed by atoms with Crippen molar-refractivity contribution in [2.45, 2.75) is 18.4 Å². The van der Waals surface area contributed by atoms with Crippen LogP contribution < -0.4 is 14.8 Å². The number of para-hydroxylation sites is 2. The number of hydrogen-bond donors (Lipinski definition) is 2. The molecule has 1 fully saturated rings. The van der Waals surface area contributed by atoms with Crippen LogP contribution in [0.4, 0.5) is 0 Å². The summed E-state index contributed by atoms with van der Waals surface area (Å²) in [4.78, 5) is 12.1. The standard InChI is InChI=1S/C20H23NO4/c1-24-17-9-5-6-10-18(17)25-13-19(22)21-14-20(23,16-11-12-16)15-7-3-2-4-8-15/h2-10,16,23H,11-14H2,1H3,(H,21,22)/t20-/m1/s1. The third-order valence-electron chi connectivity index (χ3n) is 4.51. The van der Waals surface area contributed by atoms with Crippen LogP contribution in [0, 0.1) is 5.92 Å². The van der Waals surface area contributed by atoms with E-state index >= 15 is 0 Å². The van der Waals surface area contributed by atoms with Gasteiger partial charge in [0.2, 0.25) is 0 Å². The van der Waals surface area contributed by atoms with E-state index in [2.05, 4.69) is 5.32 Å². The van der Waals surface area contributed by atoms with Gasteiger partial charge in [-0.05, 0) is 36.5 Å². The molecule has 2 N–H and O–H groups in total. The van der Waals surface area contributed by atoms with Gasteiger partial charge in [0, 0.05) is 0 Å². The quantitative estimate of drug-likeness (QED) is 0.774. The highest BCUT2D eigenvalue weighted by Crippen LogP contribution is 2.45. The molecule has 0 saturated heterocycles. The maximum Gasteiger partial charge on any atom is 0.258 e. The Morgan fingerprint density at radius 3 is 2.40 bits per heavy atom. The fraction of sp³-hybridized carbons (Fsp3) is 0.350. The summed E-state index contributed by atoms with van der Waals surface area (Å²) in [5.74, 6) is 1.00. The Kier molecular flexibility index (Phi) is 5.24. The van der Waals surface area contributed by atoms with E-state index in [1.165, 1.54) is 0 Å². The van der Waals surface area contributed by atoms with E-state index in [0.717, 1.165) is 18.4 Å². The van der Waals surface area contributed by atoms with Gasteiger partial charge in [-0.3, -0.25) is 4.79 Å². The van der Waals surface area contributed by atoms with E-state index in [1.54, 1.807) is 19.2 Å². The topological polar surface area (TPSA) is 67.8 Å². The summed E-state index contributed by atoms with van der Waals surface area (Å²) in [5, 5.41) is 13.9. The Hall–Kier alpha value is -2.53. The average Bonchev–Trinajstić information content (AvgIpc) is 3.51. The van der Waals surface area contributed by atoms with Crippen LogP contribution in [0.2, 0.25) is 0 Å². The number of carbonyl (C=O) groups is 1. The number of benzene rings is 2. The molecule has 3 rings (SSSR count). The zero-order valence-corrected chi connectivity index (χ0v) is 14.3. The van der Waals surface area contributed by atoms with E-state index in [9.17, 15) is 9.90 Å². The highest BCUT2D eigenvalue weighted by Gasteiger charge is 2.45. The van der Waals surface area contributed by atoms with Gasteiger partial charge in [0.05, 0.1) is 13.7 Å². The molecular weight excluding hydrogens is 318 g/mol. The molecule has 2 aromatic carbocycles. The van der Waals surface area contributed by atoms with Gasteiger partial charge in [0.25, 0.3) is 5.91 Å². The molecular formula is C20H23NO4. The SMILES string of the molecule is COc1ccccc1OCC(=O)NC[C@@](O)(c1ccccc1)C1CC1. The van der Waals surface area contributed by atoms with E-state index < -0.39 is 5.60 Å². The van der Waals surface area contributed by atoms with Crippen molar-refractivity contribution in [1.29, 1.82) is 0 Å². The van der Waals surface area contributed by atoms with Crippen LogP contribution in [-0.2, 0) is 10.4 Å². The van der Waals surface area contributed by atoms with Gasteiger partial charge in [-0.2, -0.15) is 0 Å². The van der Waals surface area contributed by atoms with Crippen LogP contribution in [0.3, 0.4) is 0 Å². The third-order valence-corrected chi connectivity index (χ3v) is 4.51. The Labute approximate surface area is 147 Å². The van der Waals surface area contributed by atoms with E-state index in [4.69, 9.17) is 9.47 Å². The largest absolute Gasteiger partial charge is 0.493 e. The molecule has 0 bridgehead atoms. The monoisotopic (exact) mass is 341 g/mol. The summed E-state index contributed by atoms with van der Waals surface area (Å²) >= 11 is 0. The number of hydrogen-bond acceptors (Lipinski definition) is 4. The summed E-state index contributed by atoms with van der Waals surface area (Å²) in [7, 11) is 1.55. The van der Waals surface area contributed by atoms with E-state index in [-0.39, 0.29) is 25.0 Å². The van der Waals surface area contributed by atoms with Crippen LogP contribution in [0.15, 0.2) is 54.6 Å². The molecule has 0 unspecified atom stereocenters. The lowest BCUT2D eigenvalue weighted by Crippen LogP contribution is -2.43. The van der Waals surface area contributed by atoms with Crippen LogP contribution in [0.5, 0.6) is 11.5 Å². The molecule has 5 nitrogen and oxygen atoms in total. The number of rotatable bonds is 8. The molecule has 1 saturated carbocycles. The van der Waals surface area contributed by atoms with Crippen molar-refractivity contribution in [3.63, 3.8) is 0 Å². The van der Waals surface area contributed by atoms with Crippen molar-refractivity contribution in [3.8, 4) is 11.5 Å². The maximum absolute atomic E-state index is 12.1. The summed E-state index contributed by atoms with van der Waals surface area (Å²) in [6.45, 7) is 0.0473. The lowest BCUT2D eigenvalue weighted by atomic mass is 9.88. The van der Waals surface area contributed by atoms with Crippen LogP contribution in [0.25, 0.3) is 0 Å². The molecule has 0 radical (unpaired) electrons. The number of carbonyl (C=O) groups excluding carboxylic acids is 1. The third kappa shape index (κ3) is 4.12. The predicted octanol–water partition coefficient (Wildman–Crippen LogP) is 2.49. The van der Waals surface area contributed by atoms with E-state index in [0.29, 0.717) is 11.5 Å². The average molecular weight is 341 g/mol. The van der Waals surface area contributed by atoms with Crippen molar-refractivity contribution in [2.75, 3.05) is 20.3 Å². The molecule has 25 heavy (non-hydrogen) atoms. The minimum atomic E-state index is -1.03. The van der Waals surface area contributed by atoms with Gasteiger partial charge < -0.3 is 19.9 Å². The number of amides is 1. The van der Waals surface area contributed by atoms with Crippen LogP contribution >= 0.6 is 0 Å². The number of nitrogens with one attached hydrogen (secondary N) is 1. The fourth-order valence-electron chi connectivity index (χ4n) is 2.94. The first-order chi connectivity index (χ1) is 12.1. The highest BCUT2D eigenvalue weighted by atomic mass is 16.5. The lowest BCUT2D eigenvalue weighted by Gasteiger charge is -2.29. The first-order valence-corrected chi connectivity index (χ1v) is 8.44. The summed E-state index contributed by atoms with van der Waals surface area (Å²) in [6.07, 6.45) is 1.94. The van der Waals surface area contributed by atoms with Gasteiger partial charge in [-0.15, -0.1) is 0 Å². The first kappa shape index (κ1) is 17.3. The van der Waals surface area contributed by atoms with Gasteiger partial charge in [0.1, 0.15) is 5.60 Å². The Morgan fingerprint density at radius 1 is 1.12 bits per heavy atom. The molecule has 0 heterocycles. The molecule has 1 amide bonds. The zero-order chi connectivity index (χ0) is 17.7. The summed E-state index contributed by atoms with van der Waals surface area (Å²) in [6, 6.07) is 16.7. The highest BCUT2D eigenvalue weighted by molar-refractivity contribution is 5.77. The molecule has 1 aliphatic rings. The lowest BCUT2D eigenvalue weighted by molar-refractivity contribution is -0.124. The van der Waals surface area contributed by atoms with Crippen LogP contribution in [0.1, 0.15) is 18.4 Å². The van der Waals surface area contributed by atoms with Crippen molar-refractivity contribution >= 4 is 5.91 Å². The Bertz CT molecular complexity index is 715. The second-order valence-electron chi connectivity index (χ2n) is 6.28. The Morgan fingerprint density at radius 2 is 1.76 bits per heavy atom. The van der Waals surface area contributed by atoms with Gasteiger partial charge in [-0.25, -0.2) is 0 Å². The van der Waals surface area contributed by atoms with Crippen molar-refractivity contribution in [3.05, 3.63) is 60.2 Å². The van der Waals surface area contributed by atoms with Gasteiger partial charge >= 0.3 is 0 Å². The van der Waals surface area contributed by atoms with Crippen molar-refractivity contribution in [2.24, 2.45) is 5.92 Å². The molecule has 132 valence electrons. The second kappa shape index (κ2) is 7.57. The number of methoxy groups -OCH3 is 1. The minimum absolute atomic E-state index is 0.129. The van der Waals surface area contributed by atoms with Crippen molar-refractivity contribution < 1.29 is 19.4 Å².